The van der Waals surface area contributed by atoms with Gasteiger partial charge in [0.2, 0.25) is 0 Å². The largest absolute Gasteiger partial charge is 0.382 e. The van der Waals surface area contributed by atoms with Crippen LogP contribution < -0.4 is 5.73 Å². The number of thioether (sulfide) groups is 1. The second kappa shape index (κ2) is 6.40. The van der Waals surface area contributed by atoms with Crippen LogP contribution in [0.4, 0.5) is 5.82 Å². The average Bonchev–Trinajstić information content (AvgIpc) is 2.90. The van der Waals surface area contributed by atoms with Crippen molar-refractivity contribution in [3.63, 3.8) is 0 Å². The smallest absolute Gasteiger partial charge is 0.165 e. The molecule has 21 heavy (non-hydrogen) atoms. The molecule has 108 valence electrons. The van der Waals surface area contributed by atoms with Gasteiger partial charge in [-0.15, -0.1) is 11.8 Å². The van der Waals surface area contributed by atoms with Crippen molar-refractivity contribution in [2.45, 2.75) is 18.0 Å². The number of nitrogen functional groups attached to an aromatic ring is 1. The maximum Gasteiger partial charge on any atom is 0.165 e. The molecular formula is C13H13BrN6S. The summed E-state index contributed by atoms with van der Waals surface area (Å²) in [4.78, 5) is 16.8. The van der Waals surface area contributed by atoms with Crippen LogP contribution in [-0.2, 0) is 6.54 Å². The zero-order chi connectivity index (χ0) is 14.7. The summed E-state index contributed by atoms with van der Waals surface area (Å²) in [6.07, 6.45) is 6.04. The first-order valence-electron chi connectivity index (χ1n) is 6.40. The van der Waals surface area contributed by atoms with Gasteiger partial charge in [-0.3, -0.25) is 0 Å². The third-order valence-corrected chi connectivity index (χ3v) is 4.42. The zero-order valence-corrected chi connectivity index (χ0v) is 13.5. The third kappa shape index (κ3) is 3.33. The molecule has 8 heteroatoms. The number of pyridine rings is 1. The van der Waals surface area contributed by atoms with E-state index >= 15 is 0 Å². The second-order valence-electron chi connectivity index (χ2n) is 4.39. The monoisotopic (exact) mass is 364 g/mol. The fraction of sp³-hybridized carbons (Fsp3) is 0.231. The Kier molecular flexibility index (Phi) is 4.35. The first kappa shape index (κ1) is 14.3. The Labute approximate surface area is 134 Å². The number of rotatable bonds is 5. The van der Waals surface area contributed by atoms with Crippen LogP contribution in [0.25, 0.3) is 11.2 Å². The van der Waals surface area contributed by atoms with Gasteiger partial charge in [0.05, 0.1) is 11.4 Å². The average molecular weight is 365 g/mol. The first-order chi connectivity index (χ1) is 10.2. The molecule has 0 aliphatic rings. The van der Waals surface area contributed by atoms with Crippen molar-refractivity contribution in [1.29, 1.82) is 0 Å². The van der Waals surface area contributed by atoms with Crippen molar-refractivity contribution in [1.82, 2.24) is 24.5 Å². The SMILES string of the molecule is Nc1ncnc2c1ncn2CCCSc1ccc(Br)cn1. The van der Waals surface area contributed by atoms with E-state index in [4.69, 9.17) is 5.73 Å². The van der Waals surface area contributed by atoms with Gasteiger partial charge in [0.25, 0.3) is 0 Å². The summed E-state index contributed by atoms with van der Waals surface area (Å²) in [6, 6.07) is 4.01. The highest BCUT2D eigenvalue weighted by molar-refractivity contribution is 9.10. The van der Waals surface area contributed by atoms with Crippen molar-refractivity contribution >= 4 is 44.7 Å². The van der Waals surface area contributed by atoms with Gasteiger partial charge >= 0.3 is 0 Å². The number of aromatic nitrogens is 5. The predicted molar refractivity (Wildman–Crippen MR) is 87.0 cm³/mol. The zero-order valence-electron chi connectivity index (χ0n) is 11.1. The van der Waals surface area contributed by atoms with Gasteiger partial charge in [0.1, 0.15) is 11.8 Å². The summed E-state index contributed by atoms with van der Waals surface area (Å²) in [5.41, 5.74) is 7.22. The molecule has 6 nitrogen and oxygen atoms in total. The number of fused-ring (bicyclic) bond motifs is 1. The Hall–Kier alpha value is -1.67. The van der Waals surface area contributed by atoms with Crippen molar-refractivity contribution in [2.75, 3.05) is 11.5 Å². The molecule has 0 spiro atoms. The molecule has 0 atom stereocenters. The van der Waals surface area contributed by atoms with Crippen molar-refractivity contribution in [3.05, 3.63) is 35.5 Å². The fourth-order valence-electron chi connectivity index (χ4n) is 1.92. The van der Waals surface area contributed by atoms with E-state index in [-0.39, 0.29) is 0 Å². The normalized spacial score (nSPS) is 11.1. The predicted octanol–water partition coefficient (Wildman–Crippen LogP) is 2.75. The van der Waals surface area contributed by atoms with Crippen molar-refractivity contribution < 1.29 is 0 Å². The molecule has 0 bridgehead atoms. The fourth-order valence-corrected chi connectivity index (χ4v) is 2.93. The summed E-state index contributed by atoms with van der Waals surface area (Å²) in [5, 5.41) is 1.03. The topological polar surface area (TPSA) is 82.5 Å². The van der Waals surface area contributed by atoms with Gasteiger partial charge in [0, 0.05) is 23.0 Å². The number of nitrogens with two attached hydrogens (primary N) is 1. The van der Waals surface area contributed by atoms with Crippen LogP contribution >= 0.6 is 27.7 Å². The van der Waals surface area contributed by atoms with E-state index in [0.29, 0.717) is 11.3 Å². The van der Waals surface area contributed by atoms with Crippen LogP contribution in [0, 0.1) is 0 Å². The summed E-state index contributed by atoms with van der Waals surface area (Å²) < 4.78 is 3.00. The summed E-state index contributed by atoms with van der Waals surface area (Å²) in [7, 11) is 0. The van der Waals surface area contributed by atoms with Crippen LogP contribution in [0.5, 0.6) is 0 Å². The number of hydrogen-bond donors (Lipinski definition) is 1. The van der Waals surface area contributed by atoms with E-state index in [1.165, 1.54) is 6.33 Å². The molecule has 0 saturated carbocycles. The minimum atomic E-state index is 0.423. The number of nitrogens with zero attached hydrogens (tertiary/aromatic N) is 5. The Morgan fingerprint density at radius 2 is 2.10 bits per heavy atom. The molecule has 0 aromatic carbocycles. The Bertz CT molecular complexity index is 742. The van der Waals surface area contributed by atoms with E-state index in [0.717, 1.165) is 33.9 Å². The third-order valence-electron chi connectivity index (χ3n) is 2.92. The number of aryl methyl sites for hydroxylation is 1. The summed E-state index contributed by atoms with van der Waals surface area (Å²) >= 11 is 5.11. The van der Waals surface area contributed by atoms with Gasteiger partial charge in [-0.2, -0.15) is 0 Å². The molecule has 0 amide bonds. The van der Waals surface area contributed by atoms with Crippen LogP contribution in [-0.4, -0.2) is 30.3 Å². The van der Waals surface area contributed by atoms with Gasteiger partial charge in [-0.25, -0.2) is 19.9 Å². The highest BCUT2D eigenvalue weighted by Gasteiger charge is 2.07. The quantitative estimate of drug-likeness (QED) is 0.553. The van der Waals surface area contributed by atoms with Crippen LogP contribution in [0.1, 0.15) is 6.42 Å². The molecule has 3 heterocycles. The van der Waals surface area contributed by atoms with Gasteiger partial charge in [-0.1, -0.05) is 0 Å². The van der Waals surface area contributed by atoms with Gasteiger partial charge < -0.3 is 10.3 Å². The molecule has 0 saturated heterocycles. The Morgan fingerprint density at radius 1 is 1.19 bits per heavy atom. The number of anilines is 1. The summed E-state index contributed by atoms with van der Waals surface area (Å²) in [5.74, 6) is 1.40. The molecule has 0 radical (unpaired) electrons. The number of hydrogen-bond acceptors (Lipinski definition) is 6. The minimum absolute atomic E-state index is 0.423. The highest BCUT2D eigenvalue weighted by atomic mass is 79.9. The molecular weight excluding hydrogens is 352 g/mol. The van der Waals surface area contributed by atoms with Crippen molar-refractivity contribution in [2.24, 2.45) is 0 Å². The first-order valence-corrected chi connectivity index (χ1v) is 8.17. The van der Waals surface area contributed by atoms with Gasteiger partial charge in [0.15, 0.2) is 11.5 Å². The second-order valence-corrected chi connectivity index (χ2v) is 6.42. The van der Waals surface area contributed by atoms with Crippen LogP contribution in [0.2, 0.25) is 0 Å². The minimum Gasteiger partial charge on any atom is -0.382 e. The molecule has 3 aromatic rings. The van der Waals surface area contributed by atoms with E-state index in [9.17, 15) is 0 Å². The number of imidazole rings is 1. The van der Waals surface area contributed by atoms with Gasteiger partial charge in [-0.05, 0) is 34.5 Å². The van der Waals surface area contributed by atoms with E-state index in [1.807, 2.05) is 22.9 Å². The maximum absolute atomic E-state index is 5.77. The van der Waals surface area contributed by atoms with Crippen molar-refractivity contribution in [3.8, 4) is 0 Å². The van der Waals surface area contributed by atoms with Crippen LogP contribution in [0.3, 0.4) is 0 Å². The number of halogens is 1. The molecule has 0 aliphatic heterocycles. The van der Waals surface area contributed by atoms with E-state index in [1.54, 1.807) is 18.1 Å². The highest BCUT2D eigenvalue weighted by Crippen LogP contribution is 2.19. The van der Waals surface area contributed by atoms with Crippen LogP contribution in [0.15, 0.2) is 40.5 Å². The maximum atomic E-state index is 5.77. The summed E-state index contributed by atoms with van der Waals surface area (Å²) in [6.45, 7) is 0.844. The molecule has 3 aromatic heterocycles. The molecule has 0 aliphatic carbocycles. The molecule has 3 rings (SSSR count). The molecule has 0 fully saturated rings. The standard InChI is InChI=1S/C13H13BrN6S/c14-9-2-3-10(16-6-9)21-5-1-4-20-8-19-11-12(15)17-7-18-13(11)20/h2-3,6-8H,1,4-5H2,(H2,15,17,18). The van der Waals surface area contributed by atoms with E-state index in [2.05, 4.69) is 35.9 Å². The molecule has 0 unspecified atom stereocenters. The lowest BCUT2D eigenvalue weighted by atomic mass is 10.4. The van der Waals surface area contributed by atoms with E-state index < -0.39 is 0 Å². The Morgan fingerprint density at radius 3 is 2.90 bits per heavy atom. The Balaban J connectivity index is 1.57. The lowest BCUT2D eigenvalue weighted by Gasteiger charge is -2.04. The lowest BCUT2D eigenvalue weighted by Crippen LogP contribution is -2.00. The molecule has 2 N–H and O–H groups in total. The lowest BCUT2D eigenvalue weighted by molar-refractivity contribution is 0.696.